The monoisotopic (exact) mass is 860 g/mol. The van der Waals surface area contributed by atoms with Crippen molar-refractivity contribution in [3.8, 4) is 0 Å². The second-order valence-electron chi connectivity index (χ2n) is 16.3. The van der Waals surface area contributed by atoms with E-state index in [1.807, 2.05) is 18.2 Å². The third kappa shape index (κ3) is 30.1. The van der Waals surface area contributed by atoms with E-state index in [0.29, 0.717) is 6.42 Å². The summed E-state index contributed by atoms with van der Waals surface area (Å²) >= 11 is 0. The summed E-state index contributed by atoms with van der Waals surface area (Å²) in [6.07, 6.45) is 34.9. The standard InChI is InChI=1S/C46H85NO11S/c1-3-5-7-9-11-13-15-17-18-19-20-21-22-24-25-27-29-31-33-35-40(49)39(38-56-46-44(52)45(58-59(53,54)55)43(51)41(37-48)57-46)47-42(50)36-34-32-30-28-26-23-16-14-12-10-8-6-4-2/h23,26,30,32-33,35,39-41,43-46,48-49,51-52H,3-22,24-25,27-29,31,34,36-38H2,1-2H3,(H,47,50)(H,53,54,55)/b26-23-,32-30-,35-33+. The summed E-state index contributed by atoms with van der Waals surface area (Å²) < 4.78 is 47.5. The molecular weight excluding hydrogens is 775 g/mol. The molecular formula is C46H85NO11S. The van der Waals surface area contributed by atoms with Crippen LogP contribution in [0.3, 0.4) is 0 Å². The third-order valence-electron chi connectivity index (χ3n) is 10.9. The van der Waals surface area contributed by atoms with E-state index >= 15 is 0 Å². The number of rotatable bonds is 39. The zero-order valence-corrected chi connectivity index (χ0v) is 37.6. The topological polar surface area (TPSA) is 192 Å². The minimum Gasteiger partial charge on any atom is -0.394 e. The molecule has 6 N–H and O–H groups in total. The number of aliphatic hydroxyl groups is 4. The first kappa shape index (κ1) is 55.3. The summed E-state index contributed by atoms with van der Waals surface area (Å²) in [4.78, 5) is 13.0. The largest absolute Gasteiger partial charge is 0.397 e. The second kappa shape index (κ2) is 36.9. The molecule has 7 atom stereocenters. The van der Waals surface area contributed by atoms with Crippen molar-refractivity contribution in [3.05, 3.63) is 36.5 Å². The van der Waals surface area contributed by atoms with Crippen LogP contribution in [0.15, 0.2) is 36.5 Å². The van der Waals surface area contributed by atoms with Gasteiger partial charge in [0.1, 0.15) is 24.4 Å². The molecule has 1 heterocycles. The van der Waals surface area contributed by atoms with Crippen LogP contribution in [0.2, 0.25) is 0 Å². The quantitative estimate of drug-likeness (QED) is 0.0196. The van der Waals surface area contributed by atoms with E-state index in [4.69, 9.17) is 9.47 Å². The van der Waals surface area contributed by atoms with E-state index in [-0.39, 0.29) is 18.9 Å². The van der Waals surface area contributed by atoms with Crippen LogP contribution in [0.1, 0.15) is 194 Å². The maximum atomic E-state index is 13.0. The Balaban J connectivity index is 2.54. The number of amides is 1. The normalized spacial score (nSPS) is 21.2. The molecule has 1 fully saturated rings. The van der Waals surface area contributed by atoms with Crippen molar-refractivity contribution in [1.29, 1.82) is 0 Å². The van der Waals surface area contributed by atoms with Crippen molar-refractivity contribution in [2.45, 2.75) is 236 Å². The maximum absolute atomic E-state index is 13.0. The van der Waals surface area contributed by atoms with Gasteiger partial charge in [-0.25, -0.2) is 4.18 Å². The zero-order chi connectivity index (χ0) is 43.4. The van der Waals surface area contributed by atoms with Gasteiger partial charge in [-0.1, -0.05) is 185 Å². The third-order valence-corrected chi connectivity index (χ3v) is 11.4. The van der Waals surface area contributed by atoms with Crippen LogP contribution >= 0.6 is 0 Å². The van der Waals surface area contributed by atoms with Gasteiger partial charge in [0.15, 0.2) is 6.29 Å². The molecule has 12 nitrogen and oxygen atoms in total. The molecule has 59 heavy (non-hydrogen) atoms. The highest BCUT2D eigenvalue weighted by Crippen LogP contribution is 2.26. The van der Waals surface area contributed by atoms with Crippen molar-refractivity contribution >= 4 is 16.3 Å². The van der Waals surface area contributed by atoms with Crippen LogP contribution in [0.4, 0.5) is 0 Å². The van der Waals surface area contributed by atoms with Crippen molar-refractivity contribution in [3.63, 3.8) is 0 Å². The molecule has 0 aromatic carbocycles. The average molecular weight is 860 g/mol. The predicted molar refractivity (Wildman–Crippen MR) is 236 cm³/mol. The Morgan fingerprint density at radius 3 is 1.61 bits per heavy atom. The SMILES string of the molecule is CCCCCCCC/C=C\C/C=C\CCC(=O)NC(COC1OC(CO)C(O)C(OS(=O)(=O)O)C1O)C(O)/C=C/CCCCCCCCCCCCCCCCCCC. The number of nitrogens with one attached hydrogen (secondary N) is 1. The minimum absolute atomic E-state index is 0.162. The number of hydrogen-bond donors (Lipinski definition) is 6. The number of carbonyl (C=O) groups excluding carboxylic acids is 1. The first-order valence-corrected chi connectivity index (χ1v) is 24.7. The lowest BCUT2D eigenvalue weighted by Crippen LogP contribution is -2.61. The Hall–Kier alpha value is -1.68. The Labute approximate surface area is 358 Å². The molecule has 1 aliphatic heterocycles. The van der Waals surface area contributed by atoms with Crippen molar-refractivity contribution in [1.82, 2.24) is 5.32 Å². The van der Waals surface area contributed by atoms with Crippen LogP contribution in [-0.4, -0.2) is 95.4 Å². The van der Waals surface area contributed by atoms with Gasteiger partial charge in [0, 0.05) is 6.42 Å². The van der Waals surface area contributed by atoms with Gasteiger partial charge >= 0.3 is 10.4 Å². The van der Waals surface area contributed by atoms with Crippen LogP contribution in [0.5, 0.6) is 0 Å². The van der Waals surface area contributed by atoms with Gasteiger partial charge in [0.25, 0.3) is 0 Å². The number of ether oxygens (including phenoxy) is 2. The number of hydrogen-bond acceptors (Lipinski definition) is 10. The van der Waals surface area contributed by atoms with Gasteiger partial charge in [0.05, 0.1) is 25.4 Å². The molecule has 13 heteroatoms. The molecule has 1 aliphatic rings. The highest BCUT2D eigenvalue weighted by molar-refractivity contribution is 7.80. The van der Waals surface area contributed by atoms with Crippen molar-refractivity contribution < 1.29 is 51.8 Å². The number of unbranched alkanes of at least 4 members (excludes halogenated alkanes) is 23. The highest BCUT2D eigenvalue weighted by Gasteiger charge is 2.48. The van der Waals surface area contributed by atoms with Gasteiger partial charge in [0.2, 0.25) is 5.91 Å². The van der Waals surface area contributed by atoms with Crippen LogP contribution in [-0.2, 0) is 28.9 Å². The molecule has 0 bridgehead atoms. The van der Waals surface area contributed by atoms with Crippen molar-refractivity contribution in [2.24, 2.45) is 0 Å². The first-order valence-electron chi connectivity index (χ1n) is 23.4. The van der Waals surface area contributed by atoms with E-state index < -0.39 is 59.9 Å². The molecule has 1 rings (SSSR count). The minimum atomic E-state index is -5.09. The lowest BCUT2D eigenvalue weighted by atomic mass is 9.99. The molecule has 1 amide bonds. The van der Waals surface area contributed by atoms with Gasteiger partial charge in [-0.15, -0.1) is 0 Å². The summed E-state index contributed by atoms with van der Waals surface area (Å²) in [5.41, 5.74) is 0. The predicted octanol–water partition coefficient (Wildman–Crippen LogP) is 9.11. The van der Waals surface area contributed by atoms with Gasteiger partial charge in [-0.3, -0.25) is 9.35 Å². The van der Waals surface area contributed by atoms with E-state index in [2.05, 4.69) is 35.5 Å². The fourth-order valence-corrected chi connectivity index (χ4v) is 7.78. The summed E-state index contributed by atoms with van der Waals surface area (Å²) in [6, 6.07) is -0.973. The average Bonchev–Trinajstić information content (AvgIpc) is 3.20. The molecule has 0 aliphatic carbocycles. The molecule has 1 saturated heterocycles. The number of carbonyl (C=O) groups is 1. The molecule has 346 valence electrons. The highest BCUT2D eigenvalue weighted by atomic mass is 32.3. The maximum Gasteiger partial charge on any atom is 0.397 e. The lowest BCUT2D eigenvalue weighted by molar-refractivity contribution is -0.298. The zero-order valence-electron chi connectivity index (χ0n) is 36.8. The molecule has 0 spiro atoms. The first-order chi connectivity index (χ1) is 28.5. The van der Waals surface area contributed by atoms with Crippen molar-refractivity contribution in [2.75, 3.05) is 13.2 Å². The van der Waals surface area contributed by atoms with Crippen LogP contribution in [0, 0.1) is 0 Å². The van der Waals surface area contributed by atoms with Gasteiger partial charge in [-0.05, 0) is 38.5 Å². The lowest BCUT2D eigenvalue weighted by Gasteiger charge is -2.41. The van der Waals surface area contributed by atoms with E-state index in [1.54, 1.807) is 6.08 Å². The van der Waals surface area contributed by atoms with E-state index in [1.165, 1.54) is 135 Å². The van der Waals surface area contributed by atoms with E-state index in [9.17, 15) is 38.2 Å². The smallest absolute Gasteiger partial charge is 0.394 e. The Kier molecular flexibility index (Phi) is 34.6. The van der Waals surface area contributed by atoms with Gasteiger partial charge in [-0.2, -0.15) is 8.42 Å². The van der Waals surface area contributed by atoms with Crippen LogP contribution in [0.25, 0.3) is 0 Å². The Morgan fingerprint density at radius 2 is 1.14 bits per heavy atom. The summed E-state index contributed by atoms with van der Waals surface area (Å²) in [5, 5.41) is 44.6. The fraction of sp³-hybridized carbons (Fsp3) is 0.848. The number of aliphatic hydroxyl groups excluding tert-OH is 4. The molecule has 0 saturated carbocycles. The van der Waals surface area contributed by atoms with Crippen LogP contribution < -0.4 is 5.32 Å². The van der Waals surface area contributed by atoms with Gasteiger partial charge < -0.3 is 35.2 Å². The Morgan fingerprint density at radius 1 is 0.678 bits per heavy atom. The Bertz CT molecular complexity index is 1200. The summed E-state index contributed by atoms with van der Waals surface area (Å²) in [7, 11) is -5.09. The molecule has 7 unspecified atom stereocenters. The second-order valence-corrected chi connectivity index (χ2v) is 17.4. The fourth-order valence-electron chi connectivity index (χ4n) is 7.27. The molecule has 0 aromatic heterocycles. The summed E-state index contributed by atoms with van der Waals surface area (Å²) in [5.74, 6) is -0.330. The van der Waals surface area contributed by atoms with E-state index in [0.717, 1.165) is 32.1 Å². The number of allylic oxidation sites excluding steroid dienone is 5. The molecule has 0 aromatic rings. The molecule has 0 radical (unpaired) electrons. The summed E-state index contributed by atoms with van der Waals surface area (Å²) in [6.45, 7) is 3.34.